The molecule has 1 atom stereocenters. The number of carbonyl (C=O) groups is 2. The molecule has 3 aromatic heterocycles. The van der Waals surface area contributed by atoms with Crippen LogP contribution in [0.4, 0.5) is 0 Å². The predicted octanol–water partition coefficient (Wildman–Crippen LogP) is 3.61. The number of hydrogen-bond acceptors (Lipinski definition) is 8. The molecule has 0 aliphatic rings. The molecule has 0 unspecified atom stereocenters. The molecule has 152 valence electrons. The third-order valence-corrected chi connectivity index (χ3v) is 5.24. The molecule has 8 nitrogen and oxygen atoms in total. The van der Waals surface area contributed by atoms with E-state index in [0.717, 1.165) is 17.0 Å². The molecule has 3 rings (SSSR count). The van der Waals surface area contributed by atoms with Crippen molar-refractivity contribution in [2.24, 2.45) is 0 Å². The van der Waals surface area contributed by atoms with Gasteiger partial charge < -0.3 is 19.0 Å². The lowest BCUT2D eigenvalue weighted by atomic mass is 10.2. The molecule has 0 radical (unpaired) electrons. The normalized spacial score (nSPS) is 11.8. The van der Waals surface area contributed by atoms with Crippen molar-refractivity contribution in [1.29, 1.82) is 0 Å². The highest BCUT2D eigenvalue weighted by Gasteiger charge is 2.18. The van der Waals surface area contributed by atoms with Crippen molar-refractivity contribution in [3.8, 4) is 0 Å². The van der Waals surface area contributed by atoms with Gasteiger partial charge in [-0.15, -0.1) is 11.8 Å². The van der Waals surface area contributed by atoms with Gasteiger partial charge in [-0.2, -0.15) is 0 Å². The number of aryl methyl sites for hydroxylation is 2. The summed E-state index contributed by atoms with van der Waals surface area (Å²) >= 11 is 1.38. The van der Waals surface area contributed by atoms with Crippen molar-refractivity contribution >= 4 is 23.6 Å². The number of furan rings is 1. The van der Waals surface area contributed by atoms with Crippen molar-refractivity contribution in [2.45, 2.75) is 37.6 Å². The first-order valence-corrected chi connectivity index (χ1v) is 9.93. The summed E-state index contributed by atoms with van der Waals surface area (Å²) in [4.78, 5) is 28.8. The molecule has 9 heteroatoms. The first-order chi connectivity index (χ1) is 14.0. The fourth-order valence-electron chi connectivity index (χ4n) is 2.61. The number of thioether (sulfide) groups is 1. The monoisotopic (exact) mass is 415 g/mol. The standard InChI is InChI=1S/C20H21N3O5S/c1-12-16(14(3)28-23-12)11-29-19-15(6-4-8-21-19)20(25)27-10-18(24)22-13(2)17-7-5-9-26-17/h4-9,13H,10-11H2,1-3H3,(H,22,24)/t13-/m0/s1. The Labute approximate surface area is 172 Å². The van der Waals surface area contributed by atoms with Crippen molar-refractivity contribution in [2.75, 3.05) is 6.61 Å². The number of ether oxygens (including phenoxy) is 1. The molecule has 29 heavy (non-hydrogen) atoms. The minimum atomic E-state index is -0.611. The Morgan fingerprint density at radius 2 is 2.10 bits per heavy atom. The molecule has 0 saturated carbocycles. The zero-order valence-electron chi connectivity index (χ0n) is 16.3. The van der Waals surface area contributed by atoms with E-state index in [0.29, 0.717) is 22.1 Å². The van der Waals surface area contributed by atoms with Crippen molar-refractivity contribution < 1.29 is 23.3 Å². The Morgan fingerprint density at radius 3 is 2.79 bits per heavy atom. The highest BCUT2D eigenvalue weighted by molar-refractivity contribution is 7.98. The van der Waals surface area contributed by atoms with Crippen LogP contribution in [0.15, 0.2) is 50.7 Å². The van der Waals surface area contributed by atoms with Gasteiger partial charge in [0.1, 0.15) is 16.5 Å². The Balaban J connectivity index is 1.57. The fourth-order valence-corrected chi connectivity index (χ4v) is 3.75. The van der Waals surface area contributed by atoms with Gasteiger partial charge in [-0.1, -0.05) is 5.16 Å². The SMILES string of the molecule is Cc1noc(C)c1CSc1ncccc1C(=O)OCC(=O)N[C@@H](C)c1ccco1. The summed E-state index contributed by atoms with van der Waals surface area (Å²) in [5.74, 6) is 0.878. The number of carbonyl (C=O) groups excluding carboxylic acids is 2. The van der Waals surface area contributed by atoms with Crippen LogP contribution >= 0.6 is 11.8 Å². The molecule has 1 amide bonds. The average Bonchev–Trinajstić information content (AvgIpc) is 3.35. The Kier molecular flexibility index (Phi) is 6.71. The van der Waals surface area contributed by atoms with Crippen LogP contribution in [0.1, 0.15) is 46.1 Å². The summed E-state index contributed by atoms with van der Waals surface area (Å²) in [5.41, 5.74) is 2.07. The zero-order chi connectivity index (χ0) is 20.8. The van der Waals surface area contributed by atoms with Crippen molar-refractivity contribution in [1.82, 2.24) is 15.5 Å². The first kappa shape index (κ1) is 20.7. The first-order valence-electron chi connectivity index (χ1n) is 8.95. The third-order valence-electron chi connectivity index (χ3n) is 4.21. The summed E-state index contributed by atoms with van der Waals surface area (Å²) < 4.78 is 15.6. The summed E-state index contributed by atoms with van der Waals surface area (Å²) in [6.07, 6.45) is 3.13. The van der Waals surface area contributed by atoms with Gasteiger partial charge in [-0.05, 0) is 45.0 Å². The summed E-state index contributed by atoms with van der Waals surface area (Å²) in [6, 6.07) is 6.44. The molecule has 1 N–H and O–H groups in total. The lowest BCUT2D eigenvalue weighted by molar-refractivity contribution is -0.125. The van der Waals surface area contributed by atoms with Crippen LogP contribution in [-0.4, -0.2) is 28.6 Å². The topological polar surface area (TPSA) is 107 Å². The second-order valence-corrected chi connectivity index (χ2v) is 7.29. The zero-order valence-corrected chi connectivity index (χ0v) is 17.1. The van der Waals surface area contributed by atoms with E-state index in [-0.39, 0.29) is 6.04 Å². The highest BCUT2D eigenvalue weighted by Crippen LogP contribution is 2.27. The van der Waals surface area contributed by atoms with E-state index in [4.69, 9.17) is 13.7 Å². The number of nitrogens with zero attached hydrogens (tertiary/aromatic N) is 2. The fraction of sp³-hybridized carbons (Fsp3) is 0.300. The quantitative estimate of drug-likeness (QED) is 0.439. The van der Waals surface area contributed by atoms with Crippen LogP contribution in [0, 0.1) is 13.8 Å². The van der Waals surface area contributed by atoms with Gasteiger partial charge in [-0.25, -0.2) is 9.78 Å². The van der Waals surface area contributed by atoms with Crippen LogP contribution in [0.2, 0.25) is 0 Å². The van der Waals surface area contributed by atoms with Gasteiger partial charge in [0.05, 0.1) is 23.6 Å². The van der Waals surface area contributed by atoms with Crippen molar-refractivity contribution in [3.63, 3.8) is 0 Å². The molecule has 3 heterocycles. The minimum absolute atomic E-state index is 0.302. The van der Waals surface area contributed by atoms with Crippen LogP contribution in [-0.2, 0) is 15.3 Å². The number of amides is 1. The number of nitrogens with one attached hydrogen (secondary N) is 1. The molecule has 0 aliphatic carbocycles. The summed E-state index contributed by atoms with van der Waals surface area (Å²) in [5, 5.41) is 7.15. The lowest BCUT2D eigenvalue weighted by Crippen LogP contribution is -2.31. The number of hydrogen-bond donors (Lipinski definition) is 1. The lowest BCUT2D eigenvalue weighted by Gasteiger charge is -2.12. The predicted molar refractivity (Wildman–Crippen MR) is 105 cm³/mol. The highest BCUT2D eigenvalue weighted by atomic mass is 32.2. The Morgan fingerprint density at radius 1 is 1.28 bits per heavy atom. The maximum atomic E-state index is 12.5. The molecule has 0 spiro atoms. The molecule has 3 aromatic rings. The van der Waals surface area contributed by atoms with E-state index in [1.54, 1.807) is 37.4 Å². The second kappa shape index (κ2) is 9.42. The van der Waals surface area contributed by atoms with Gasteiger partial charge in [0.25, 0.3) is 5.91 Å². The molecular formula is C20H21N3O5S. The smallest absolute Gasteiger partial charge is 0.341 e. The minimum Gasteiger partial charge on any atom is -0.467 e. The van der Waals surface area contributed by atoms with Crippen LogP contribution in [0.25, 0.3) is 0 Å². The molecule has 0 aromatic carbocycles. The summed E-state index contributed by atoms with van der Waals surface area (Å²) in [6.45, 7) is 5.09. The van der Waals surface area contributed by atoms with Gasteiger partial charge in [-0.3, -0.25) is 4.79 Å². The number of pyridine rings is 1. The number of rotatable bonds is 8. The second-order valence-electron chi connectivity index (χ2n) is 6.33. The van der Waals surface area contributed by atoms with E-state index in [1.807, 2.05) is 13.8 Å². The van der Waals surface area contributed by atoms with E-state index >= 15 is 0 Å². The largest absolute Gasteiger partial charge is 0.467 e. The average molecular weight is 415 g/mol. The molecular weight excluding hydrogens is 394 g/mol. The third kappa shape index (κ3) is 5.26. The van der Waals surface area contributed by atoms with Crippen molar-refractivity contribution in [3.05, 3.63) is 65.1 Å². The molecule has 0 aliphatic heterocycles. The van der Waals surface area contributed by atoms with E-state index in [9.17, 15) is 9.59 Å². The van der Waals surface area contributed by atoms with E-state index < -0.39 is 18.5 Å². The van der Waals surface area contributed by atoms with Gasteiger partial charge >= 0.3 is 5.97 Å². The van der Waals surface area contributed by atoms with E-state index in [1.165, 1.54) is 18.0 Å². The maximum Gasteiger partial charge on any atom is 0.341 e. The number of aromatic nitrogens is 2. The maximum absolute atomic E-state index is 12.5. The van der Waals surface area contributed by atoms with Crippen LogP contribution in [0.3, 0.4) is 0 Å². The Hall–Kier alpha value is -3.07. The van der Waals surface area contributed by atoms with Gasteiger partial charge in [0.15, 0.2) is 6.61 Å². The van der Waals surface area contributed by atoms with Gasteiger partial charge in [0.2, 0.25) is 0 Å². The van der Waals surface area contributed by atoms with Crippen LogP contribution in [0.5, 0.6) is 0 Å². The number of esters is 1. The molecule has 0 saturated heterocycles. The Bertz CT molecular complexity index is 964. The molecule has 0 fully saturated rings. The van der Waals surface area contributed by atoms with E-state index in [2.05, 4.69) is 15.5 Å². The van der Waals surface area contributed by atoms with Crippen LogP contribution < -0.4 is 5.32 Å². The molecule has 0 bridgehead atoms. The summed E-state index contributed by atoms with van der Waals surface area (Å²) in [7, 11) is 0. The van der Waals surface area contributed by atoms with Gasteiger partial charge in [0, 0.05) is 17.5 Å².